The first-order valence-corrected chi connectivity index (χ1v) is 4.85. The lowest BCUT2D eigenvalue weighted by Gasteiger charge is -2.21. The summed E-state index contributed by atoms with van der Waals surface area (Å²) in [6.07, 6.45) is 1.43. The number of anilines is 1. The van der Waals surface area contributed by atoms with Crippen LogP contribution in [0.3, 0.4) is 0 Å². The number of nitrogens with one attached hydrogen (secondary N) is 1. The molecule has 0 atom stereocenters. The molecular weight excluding hydrogens is 196 g/mol. The third kappa shape index (κ3) is 1.40. The summed E-state index contributed by atoms with van der Waals surface area (Å²) in [6, 6.07) is 0. The van der Waals surface area contributed by atoms with Gasteiger partial charge < -0.3 is 15.5 Å². The molecule has 1 heterocycles. The smallest absolute Gasteiger partial charge is 0.342 e. The number of pyridine rings is 1. The average molecular weight is 208 g/mol. The molecule has 0 bridgehead atoms. The van der Waals surface area contributed by atoms with E-state index in [0.29, 0.717) is 24.2 Å². The van der Waals surface area contributed by atoms with Crippen LogP contribution in [0.2, 0.25) is 0 Å². The van der Waals surface area contributed by atoms with Crippen LogP contribution < -0.4 is 11.3 Å². The number of nitrogens with two attached hydrogens (primary N) is 1. The van der Waals surface area contributed by atoms with Crippen LogP contribution in [-0.4, -0.2) is 17.6 Å². The molecule has 0 amide bonds. The molecule has 0 aliphatic heterocycles. The lowest BCUT2D eigenvalue weighted by molar-refractivity contribution is 0.0525. The molecule has 0 spiro atoms. The second kappa shape index (κ2) is 3.42. The van der Waals surface area contributed by atoms with E-state index in [-0.39, 0.29) is 11.4 Å². The van der Waals surface area contributed by atoms with Crippen molar-refractivity contribution in [3.05, 3.63) is 27.0 Å². The van der Waals surface area contributed by atoms with Crippen molar-refractivity contribution in [2.45, 2.75) is 19.8 Å². The number of carbonyl (C=O) groups is 1. The molecular formula is C10H12N2O3. The molecule has 0 saturated heterocycles. The number of esters is 1. The van der Waals surface area contributed by atoms with Crippen LogP contribution in [0.25, 0.3) is 0 Å². The Balaban J connectivity index is 2.53. The highest BCUT2D eigenvalue weighted by Gasteiger charge is 2.27. The normalized spacial score (nSPS) is 12.9. The Hall–Kier alpha value is -1.78. The largest absolute Gasteiger partial charge is 0.462 e. The topological polar surface area (TPSA) is 85.2 Å². The van der Waals surface area contributed by atoms with E-state index in [1.165, 1.54) is 0 Å². The SMILES string of the molecule is CCOC(=O)c1c(N)[nH]c(=O)c2c1CC2. The fourth-order valence-electron chi connectivity index (χ4n) is 1.76. The van der Waals surface area contributed by atoms with Gasteiger partial charge in [-0.2, -0.15) is 0 Å². The Morgan fingerprint density at radius 1 is 1.47 bits per heavy atom. The number of aromatic nitrogens is 1. The molecule has 0 saturated carbocycles. The minimum absolute atomic E-state index is 0.108. The minimum Gasteiger partial charge on any atom is -0.462 e. The van der Waals surface area contributed by atoms with Gasteiger partial charge in [0.25, 0.3) is 5.56 Å². The van der Waals surface area contributed by atoms with Crippen molar-refractivity contribution in [2.24, 2.45) is 0 Å². The second-order valence-electron chi connectivity index (χ2n) is 3.42. The molecule has 0 unspecified atom stereocenters. The summed E-state index contributed by atoms with van der Waals surface area (Å²) < 4.78 is 4.88. The van der Waals surface area contributed by atoms with E-state index in [4.69, 9.17) is 10.5 Å². The molecule has 1 aliphatic carbocycles. The van der Waals surface area contributed by atoms with E-state index >= 15 is 0 Å². The Kier molecular flexibility index (Phi) is 2.22. The van der Waals surface area contributed by atoms with Gasteiger partial charge in [0, 0.05) is 5.56 Å². The van der Waals surface area contributed by atoms with Gasteiger partial charge in [-0.15, -0.1) is 0 Å². The fraction of sp³-hybridized carbons (Fsp3) is 0.400. The molecule has 0 fully saturated rings. The summed E-state index contributed by atoms with van der Waals surface area (Å²) in [5, 5.41) is 0. The molecule has 2 rings (SSSR count). The van der Waals surface area contributed by atoms with Crippen LogP contribution in [-0.2, 0) is 17.6 Å². The Morgan fingerprint density at radius 3 is 2.67 bits per heavy atom. The second-order valence-corrected chi connectivity index (χ2v) is 3.42. The lowest BCUT2D eigenvalue weighted by Crippen LogP contribution is -2.29. The first kappa shape index (κ1) is 9.76. The van der Waals surface area contributed by atoms with E-state index in [0.717, 1.165) is 12.0 Å². The van der Waals surface area contributed by atoms with Gasteiger partial charge >= 0.3 is 5.97 Å². The number of fused-ring (bicyclic) bond motifs is 1. The van der Waals surface area contributed by atoms with Crippen LogP contribution in [0.1, 0.15) is 28.4 Å². The zero-order chi connectivity index (χ0) is 11.0. The van der Waals surface area contributed by atoms with E-state index in [9.17, 15) is 9.59 Å². The standard InChI is InChI=1S/C10H12N2O3/c1-2-15-10(14)7-5-3-4-6(5)9(13)12-8(7)11/h2-4H2,1H3,(H3,11,12,13). The minimum atomic E-state index is -0.456. The predicted molar refractivity (Wildman–Crippen MR) is 54.8 cm³/mol. The maximum Gasteiger partial charge on any atom is 0.342 e. The van der Waals surface area contributed by atoms with Crippen LogP contribution in [0, 0.1) is 0 Å². The number of hydrogen-bond donors (Lipinski definition) is 2. The van der Waals surface area contributed by atoms with Crippen molar-refractivity contribution in [3.8, 4) is 0 Å². The first-order valence-electron chi connectivity index (χ1n) is 4.85. The predicted octanol–water partition coefficient (Wildman–Crippen LogP) is 0.232. The van der Waals surface area contributed by atoms with Crippen molar-refractivity contribution in [2.75, 3.05) is 12.3 Å². The zero-order valence-corrected chi connectivity index (χ0v) is 8.42. The molecule has 1 aromatic heterocycles. The molecule has 80 valence electrons. The highest BCUT2D eigenvalue weighted by atomic mass is 16.5. The van der Waals surface area contributed by atoms with Gasteiger partial charge in [-0.1, -0.05) is 0 Å². The summed E-state index contributed by atoms with van der Waals surface area (Å²) in [5.41, 5.74) is 7.14. The average Bonchev–Trinajstić information content (AvgIpc) is 2.09. The number of nitrogen functional groups attached to an aromatic ring is 1. The zero-order valence-electron chi connectivity index (χ0n) is 8.42. The van der Waals surface area contributed by atoms with Gasteiger partial charge in [-0.3, -0.25) is 4.79 Å². The summed E-state index contributed by atoms with van der Waals surface area (Å²) in [6.45, 7) is 2.03. The molecule has 0 aromatic carbocycles. The van der Waals surface area contributed by atoms with Gasteiger partial charge in [-0.25, -0.2) is 4.79 Å². The van der Waals surface area contributed by atoms with Crippen molar-refractivity contribution in [3.63, 3.8) is 0 Å². The summed E-state index contributed by atoms with van der Waals surface area (Å²) in [7, 11) is 0. The number of aromatic amines is 1. The van der Waals surface area contributed by atoms with E-state index in [1.807, 2.05) is 0 Å². The molecule has 15 heavy (non-hydrogen) atoms. The first-order chi connectivity index (χ1) is 7.15. The van der Waals surface area contributed by atoms with Crippen molar-refractivity contribution in [1.29, 1.82) is 0 Å². The fourth-order valence-corrected chi connectivity index (χ4v) is 1.76. The van der Waals surface area contributed by atoms with Gasteiger partial charge in [0.1, 0.15) is 11.4 Å². The summed E-state index contributed by atoms with van der Waals surface area (Å²) in [4.78, 5) is 25.4. The van der Waals surface area contributed by atoms with E-state index in [2.05, 4.69) is 4.98 Å². The quantitative estimate of drug-likeness (QED) is 0.681. The monoisotopic (exact) mass is 208 g/mol. The highest BCUT2D eigenvalue weighted by Crippen LogP contribution is 2.26. The number of rotatable bonds is 2. The maximum atomic E-state index is 11.6. The number of hydrogen-bond acceptors (Lipinski definition) is 4. The molecule has 1 aromatic rings. The lowest BCUT2D eigenvalue weighted by atomic mass is 9.86. The van der Waals surface area contributed by atoms with Crippen LogP contribution >= 0.6 is 0 Å². The van der Waals surface area contributed by atoms with Gasteiger partial charge in [0.05, 0.1) is 6.61 Å². The number of H-pyrrole nitrogens is 1. The maximum absolute atomic E-state index is 11.6. The van der Waals surface area contributed by atoms with Gasteiger partial charge in [-0.05, 0) is 25.3 Å². The van der Waals surface area contributed by atoms with Gasteiger partial charge in [0.15, 0.2) is 0 Å². The Morgan fingerprint density at radius 2 is 2.13 bits per heavy atom. The third-order valence-electron chi connectivity index (χ3n) is 2.56. The Labute approximate surface area is 86.2 Å². The third-order valence-corrected chi connectivity index (χ3v) is 2.56. The summed E-state index contributed by atoms with van der Waals surface area (Å²) in [5.74, 6) is -0.348. The molecule has 0 radical (unpaired) electrons. The van der Waals surface area contributed by atoms with E-state index in [1.54, 1.807) is 6.92 Å². The van der Waals surface area contributed by atoms with Crippen LogP contribution in [0.4, 0.5) is 5.82 Å². The number of carbonyl (C=O) groups excluding carboxylic acids is 1. The molecule has 5 nitrogen and oxygen atoms in total. The highest BCUT2D eigenvalue weighted by molar-refractivity contribution is 5.96. The van der Waals surface area contributed by atoms with Crippen LogP contribution in [0.5, 0.6) is 0 Å². The van der Waals surface area contributed by atoms with Crippen LogP contribution in [0.15, 0.2) is 4.79 Å². The van der Waals surface area contributed by atoms with Crippen molar-refractivity contribution < 1.29 is 9.53 Å². The number of ether oxygens (including phenoxy) is 1. The summed E-state index contributed by atoms with van der Waals surface area (Å²) >= 11 is 0. The van der Waals surface area contributed by atoms with E-state index < -0.39 is 5.97 Å². The molecule has 5 heteroatoms. The Bertz CT molecular complexity index is 476. The molecule has 3 N–H and O–H groups in total. The van der Waals surface area contributed by atoms with Gasteiger partial charge in [0.2, 0.25) is 0 Å². The van der Waals surface area contributed by atoms with Crippen molar-refractivity contribution in [1.82, 2.24) is 4.98 Å². The van der Waals surface area contributed by atoms with Crippen molar-refractivity contribution >= 4 is 11.8 Å². The molecule has 1 aliphatic rings.